The molecule has 1 N–H and O–H groups in total. The fraction of sp³-hybridized carbons (Fsp3) is 0.200. The summed E-state index contributed by atoms with van der Waals surface area (Å²) in [5.74, 6) is -0.0293. The lowest BCUT2D eigenvalue weighted by molar-refractivity contribution is -0.137. The first kappa shape index (κ1) is 19.3. The van der Waals surface area contributed by atoms with Crippen molar-refractivity contribution in [3.05, 3.63) is 76.8 Å². The first-order valence-corrected chi connectivity index (χ1v) is 8.37. The van der Waals surface area contributed by atoms with Crippen LogP contribution in [0.25, 0.3) is 5.88 Å². The second-order valence-corrected chi connectivity index (χ2v) is 6.23. The number of carbonyl (C=O) groups excluding carboxylic acids is 1. The Hall–Kier alpha value is -3.47. The van der Waals surface area contributed by atoms with Crippen LogP contribution in [-0.4, -0.2) is 10.5 Å². The average Bonchev–Trinajstić information content (AvgIpc) is 3.28. The monoisotopic (exact) mass is 387 g/mol. The lowest BCUT2D eigenvalue weighted by Gasteiger charge is -2.15. The number of amides is 1. The van der Waals surface area contributed by atoms with Gasteiger partial charge in [-0.15, -0.1) is 0 Å². The van der Waals surface area contributed by atoms with Gasteiger partial charge in [0.15, 0.2) is 0 Å². The van der Waals surface area contributed by atoms with Gasteiger partial charge in [-0.1, -0.05) is 12.1 Å². The summed E-state index contributed by atoms with van der Waals surface area (Å²) in [5, 5.41) is 12.2. The number of alkyl halides is 3. The summed E-state index contributed by atoms with van der Waals surface area (Å²) in [6.07, 6.45) is -1.05. The molecule has 0 fully saturated rings. The van der Waals surface area contributed by atoms with Gasteiger partial charge in [0, 0.05) is 12.4 Å². The largest absolute Gasteiger partial charge is 0.443 e. The molecule has 1 aromatic carbocycles. The van der Waals surface area contributed by atoms with Crippen molar-refractivity contribution >= 4 is 5.91 Å². The molecule has 0 bridgehead atoms. The quantitative estimate of drug-likeness (QED) is 0.702. The molecule has 1 amide bonds. The number of rotatable bonds is 4. The van der Waals surface area contributed by atoms with Gasteiger partial charge in [0.05, 0.1) is 11.6 Å². The molecule has 2 heterocycles. The molecule has 3 rings (SSSR count). The maximum Gasteiger partial charge on any atom is 0.416 e. The molecule has 28 heavy (non-hydrogen) atoms. The molecule has 144 valence electrons. The first-order chi connectivity index (χ1) is 13.2. The van der Waals surface area contributed by atoms with E-state index in [-0.39, 0.29) is 22.8 Å². The van der Waals surface area contributed by atoms with E-state index in [2.05, 4.69) is 5.32 Å². The summed E-state index contributed by atoms with van der Waals surface area (Å²) in [6, 6.07) is 9.49. The Bertz CT molecular complexity index is 1030. The number of nitriles is 1. The molecule has 0 aliphatic rings. The highest BCUT2D eigenvalue weighted by Gasteiger charge is 2.30. The van der Waals surface area contributed by atoms with E-state index in [0.717, 1.165) is 12.1 Å². The number of aromatic nitrogens is 1. The van der Waals surface area contributed by atoms with Crippen LogP contribution in [0.5, 0.6) is 0 Å². The minimum atomic E-state index is -4.42. The van der Waals surface area contributed by atoms with Crippen LogP contribution in [0.15, 0.2) is 53.2 Å². The van der Waals surface area contributed by atoms with Crippen LogP contribution in [0, 0.1) is 18.3 Å². The lowest BCUT2D eigenvalue weighted by Crippen LogP contribution is -2.27. The van der Waals surface area contributed by atoms with Gasteiger partial charge in [-0.3, -0.25) is 9.36 Å². The molecule has 0 aliphatic carbocycles. The molecule has 2 aromatic heterocycles. The van der Waals surface area contributed by atoms with Crippen LogP contribution in [0.2, 0.25) is 0 Å². The molecule has 0 aliphatic heterocycles. The fourth-order valence-electron chi connectivity index (χ4n) is 2.87. The number of hydrogen-bond donors (Lipinski definition) is 1. The number of hydrogen-bond acceptors (Lipinski definition) is 3. The molecule has 3 aromatic rings. The third-order valence-electron chi connectivity index (χ3n) is 4.33. The lowest BCUT2D eigenvalue weighted by atomic mass is 10.0. The number of nitrogens with one attached hydrogen (secondary N) is 1. The Balaban J connectivity index is 1.84. The number of halogens is 3. The van der Waals surface area contributed by atoms with Gasteiger partial charge in [0.2, 0.25) is 5.88 Å². The van der Waals surface area contributed by atoms with Crippen LogP contribution >= 0.6 is 0 Å². The Morgan fingerprint density at radius 3 is 2.36 bits per heavy atom. The Morgan fingerprint density at radius 1 is 1.21 bits per heavy atom. The zero-order chi connectivity index (χ0) is 20.5. The Labute approximate surface area is 159 Å². The zero-order valence-electron chi connectivity index (χ0n) is 15.0. The van der Waals surface area contributed by atoms with E-state index < -0.39 is 23.7 Å². The third kappa shape index (κ3) is 3.64. The molecule has 5 nitrogen and oxygen atoms in total. The summed E-state index contributed by atoms with van der Waals surface area (Å²) >= 11 is 0. The first-order valence-electron chi connectivity index (χ1n) is 8.37. The number of benzene rings is 1. The minimum absolute atomic E-state index is 0.0887. The van der Waals surface area contributed by atoms with E-state index in [1.165, 1.54) is 12.1 Å². The van der Waals surface area contributed by atoms with E-state index in [1.807, 2.05) is 6.07 Å². The van der Waals surface area contributed by atoms with Crippen molar-refractivity contribution in [2.75, 3.05) is 0 Å². The Morgan fingerprint density at radius 2 is 1.82 bits per heavy atom. The number of furan rings is 1. The van der Waals surface area contributed by atoms with Crippen molar-refractivity contribution < 1.29 is 22.4 Å². The van der Waals surface area contributed by atoms with Gasteiger partial charge < -0.3 is 9.73 Å². The van der Waals surface area contributed by atoms with Gasteiger partial charge in [-0.2, -0.15) is 18.4 Å². The summed E-state index contributed by atoms with van der Waals surface area (Å²) in [7, 11) is 0. The predicted molar refractivity (Wildman–Crippen MR) is 94.8 cm³/mol. The molecule has 1 atom stereocenters. The second-order valence-electron chi connectivity index (χ2n) is 6.23. The molecular weight excluding hydrogens is 371 g/mol. The van der Waals surface area contributed by atoms with Crippen LogP contribution in [0.1, 0.15) is 45.8 Å². The third-order valence-corrected chi connectivity index (χ3v) is 4.33. The Kier molecular flexibility index (Phi) is 5.01. The van der Waals surface area contributed by atoms with Crippen LogP contribution in [0.3, 0.4) is 0 Å². The van der Waals surface area contributed by atoms with Gasteiger partial charge in [-0.25, -0.2) is 0 Å². The summed E-state index contributed by atoms with van der Waals surface area (Å²) in [5.41, 5.74) is -0.0639. The van der Waals surface area contributed by atoms with E-state index in [1.54, 1.807) is 42.9 Å². The van der Waals surface area contributed by atoms with E-state index in [4.69, 9.17) is 4.42 Å². The van der Waals surface area contributed by atoms with Crippen molar-refractivity contribution in [3.8, 4) is 12.0 Å². The van der Waals surface area contributed by atoms with Crippen LogP contribution in [-0.2, 0) is 6.18 Å². The number of carbonyl (C=O) groups is 1. The van der Waals surface area contributed by atoms with Crippen LogP contribution in [0.4, 0.5) is 13.2 Å². The van der Waals surface area contributed by atoms with Gasteiger partial charge in [0.1, 0.15) is 23.0 Å². The molecule has 0 radical (unpaired) electrons. The maximum atomic E-state index is 12.7. The molecular formula is C20H16F3N3O2. The van der Waals surface area contributed by atoms with Crippen LogP contribution < -0.4 is 5.32 Å². The van der Waals surface area contributed by atoms with E-state index >= 15 is 0 Å². The van der Waals surface area contributed by atoms with Crippen molar-refractivity contribution in [2.45, 2.75) is 26.1 Å². The molecule has 8 heteroatoms. The minimum Gasteiger partial charge on any atom is -0.443 e. The normalized spacial score (nSPS) is 12.4. The van der Waals surface area contributed by atoms with E-state index in [0.29, 0.717) is 5.56 Å². The molecule has 1 unspecified atom stereocenters. The number of aryl methyl sites for hydroxylation is 1. The summed E-state index contributed by atoms with van der Waals surface area (Å²) in [4.78, 5) is 12.7. The number of nitrogens with zero attached hydrogens (tertiary/aromatic N) is 2. The van der Waals surface area contributed by atoms with Gasteiger partial charge >= 0.3 is 6.18 Å². The molecule has 0 spiro atoms. The predicted octanol–water partition coefficient (Wildman–Crippen LogP) is 4.76. The van der Waals surface area contributed by atoms with Crippen molar-refractivity contribution in [3.63, 3.8) is 0 Å². The fourth-order valence-corrected chi connectivity index (χ4v) is 2.87. The van der Waals surface area contributed by atoms with Gasteiger partial charge in [0.25, 0.3) is 5.91 Å². The maximum absolute atomic E-state index is 12.7. The summed E-state index contributed by atoms with van der Waals surface area (Å²) in [6.45, 7) is 3.22. The highest BCUT2D eigenvalue weighted by Crippen LogP contribution is 2.30. The van der Waals surface area contributed by atoms with Gasteiger partial charge in [-0.05, 0) is 43.7 Å². The standard InChI is InChI=1S/C20H16F3N3O2/c1-12(14-5-7-15(8-6-14)20(21,22)23)25-18(27)17-13(2)28-19(16(17)11-24)26-9-3-4-10-26/h3-10,12H,1-2H3,(H,25,27). The highest BCUT2D eigenvalue weighted by atomic mass is 19.4. The molecule has 0 saturated carbocycles. The second kappa shape index (κ2) is 7.27. The zero-order valence-corrected chi connectivity index (χ0v) is 15.0. The average molecular weight is 387 g/mol. The SMILES string of the molecule is Cc1oc(-n2cccc2)c(C#N)c1C(=O)NC(C)c1ccc(C(F)(F)F)cc1. The van der Waals surface area contributed by atoms with Crippen molar-refractivity contribution in [2.24, 2.45) is 0 Å². The van der Waals surface area contributed by atoms with Crippen molar-refractivity contribution in [1.82, 2.24) is 9.88 Å². The van der Waals surface area contributed by atoms with Crippen molar-refractivity contribution in [1.29, 1.82) is 5.26 Å². The smallest absolute Gasteiger partial charge is 0.416 e. The topological polar surface area (TPSA) is 71.0 Å². The summed E-state index contributed by atoms with van der Waals surface area (Å²) < 4.78 is 45.2. The highest BCUT2D eigenvalue weighted by molar-refractivity contribution is 5.98. The molecule has 0 saturated heterocycles. The van der Waals surface area contributed by atoms with E-state index in [9.17, 15) is 23.2 Å².